The Kier molecular flexibility index (Phi) is 4.18. The zero-order chi connectivity index (χ0) is 12.1. The molecule has 0 aliphatic rings. The molecule has 2 aromatic rings. The molecular weight excluding hydrogens is 254 g/mol. The number of hydrogen-bond acceptors (Lipinski definition) is 2. The highest BCUT2D eigenvalue weighted by Crippen LogP contribution is 2.09. The van der Waals surface area contributed by atoms with Crippen molar-refractivity contribution < 1.29 is 4.79 Å². The molecule has 0 saturated carbocycles. The molecule has 0 bridgehead atoms. The average molecular weight is 266 g/mol. The molecule has 0 aliphatic carbocycles. The molecule has 0 spiro atoms. The van der Waals surface area contributed by atoms with Gasteiger partial charge >= 0.3 is 0 Å². The van der Waals surface area contributed by atoms with Gasteiger partial charge in [0.2, 0.25) is 0 Å². The van der Waals surface area contributed by atoms with E-state index in [1.807, 2.05) is 41.8 Å². The lowest BCUT2D eigenvalue weighted by Gasteiger charge is -2.04. The van der Waals surface area contributed by atoms with Crippen molar-refractivity contribution in [2.45, 2.75) is 12.4 Å². The van der Waals surface area contributed by atoms with Crippen LogP contribution in [0, 0.1) is 0 Å². The molecule has 2 nitrogen and oxygen atoms in total. The Bertz CT molecular complexity index is 479. The summed E-state index contributed by atoms with van der Waals surface area (Å²) in [5.41, 5.74) is 2.16. The smallest absolute Gasteiger partial charge is 0.261 e. The fraction of sp³-hybridized carbons (Fsp3) is 0.154. The summed E-state index contributed by atoms with van der Waals surface area (Å²) in [6.45, 7) is 0.541. The molecule has 0 unspecified atom stereocenters. The van der Waals surface area contributed by atoms with Gasteiger partial charge in [0.15, 0.2) is 0 Å². The Labute approximate surface area is 109 Å². The summed E-state index contributed by atoms with van der Waals surface area (Å²) < 4.78 is 0. The zero-order valence-electron chi connectivity index (χ0n) is 9.15. The van der Waals surface area contributed by atoms with Crippen molar-refractivity contribution in [3.05, 3.63) is 57.8 Å². The molecule has 88 valence electrons. The van der Waals surface area contributed by atoms with Gasteiger partial charge in [-0.05, 0) is 22.6 Å². The minimum absolute atomic E-state index is 0.0265. The average Bonchev–Trinajstić information content (AvgIpc) is 2.90. The fourth-order valence-electron chi connectivity index (χ4n) is 1.42. The maximum Gasteiger partial charge on any atom is 0.261 e. The maximum atomic E-state index is 11.7. The molecule has 0 atom stereocenters. The fourth-order valence-corrected chi connectivity index (χ4v) is 2.24. The number of benzene rings is 1. The molecule has 2 rings (SSSR count). The van der Waals surface area contributed by atoms with Crippen LogP contribution >= 0.6 is 22.9 Å². The second-order valence-electron chi connectivity index (χ2n) is 3.61. The van der Waals surface area contributed by atoms with Crippen LogP contribution in [0.15, 0.2) is 41.8 Å². The van der Waals surface area contributed by atoms with E-state index in [0.717, 1.165) is 16.0 Å². The van der Waals surface area contributed by atoms with Crippen LogP contribution in [0.4, 0.5) is 0 Å². The van der Waals surface area contributed by atoms with Crippen LogP contribution in [0.5, 0.6) is 0 Å². The first-order valence-corrected chi connectivity index (χ1v) is 6.66. The second kappa shape index (κ2) is 5.84. The topological polar surface area (TPSA) is 29.1 Å². The van der Waals surface area contributed by atoms with Crippen LogP contribution in [0.3, 0.4) is 0 Å². The van der Waals surface area contributed by atoms with Crippen LogP contribution in [0.2, 0.25) is 0 Å². The molecule has 1 N–H and O–H groups in total. The standard InChI is InChI=1S/C13H12ClNOS/c14-8-10-3-5-11(6-4-10)9-15-13(16)12-2-1-7-17-12/h1-7H,8-9H2,(H,15,16). The summed E-state index contributed by atoms with van der Waals surface area (Å²) >= 11 is 7.15. The molecule has 17 heavy (non-hydrogen) atoms. The monoisotopic (exact) mass is 265 g/mol. The third-order valence-electron chi connectivity index (χ3n) is 2.38. The van der Waals surface area contributed by atoms with Gasteiger partial charge in [-0.1, -0.05) is 30.3 Å². The number of amides is 1. The van der Waals surface area contributed by atoms with Crippen LogP contribution < -0.4 is 5.32 Å². The summed E-state index contributed by atoms with van der Waals surface area (Å²) in [6, 6.07) is 11.6. The Morgan fingerprint density at radius 3 is 2.47 bits per heavy atom. The SMILES string of the molecule is O=C(NCc1ccc(CCl)cc1)c1cccs1. The van der Waals surface area contributed by atoms with E-state index in [2.05, 4.69) is 5.32 Å². The van der Waals surface area contributed by atoms with Crippen molar-refractivity contribution in [2.75, 3.05) is 0 Å². The van der Waals surface area contributed by atoms with Crippen molar-refractivity contribution in [1.29, 1.82) is 0 Å². The van der Waals surface area contributed by atoms with Gasteiger partial charge in [0, 0.05) is 12.4 Å². The number of carbonyl (C=O) groups excluding carboxylic acids is 1. The normalized spacial score (nSPS) is 10.2. The minimum Gasteiger partial charge on any atom is -0.347 e. The van der Waals surface area contributed by atoms with Crippen LogP contribution in [0.1, 0.15) is 20.8 Å². The summed E-state index contributed by atoms with van der Waals surface area (Å²) in [5, 5.41) is 4.77. The molecule has 0 aliphatic heterocycles. The van der Waals surface area contributed by atoms with Crippen molar-refractivity contribution in [1.82, 2.24) is 5.32 Å². The number of thiophene rings is 1. The lowest BCUT2D eigenvalue weighted by atomic mass is 10.1. The number of rotatable bonds is 4. The third kappa shape index (κ3) is 3.32. The van der Waals surface area contributed by atoms with Gasteiger partial charge in [0.1, 0.15) is 0 Å². The highest BCUT2D eigenvalue weighted by atomic mass is 35.5. The van der Waals surface area contributed by atoms with Crippen molar-refractivity contribution in [2.24, 2.45) is 0 Å². The van der Waals surface area contributed by atoms with Crippen molar-refractivity contribution in [3.63, 3.8) is 0 Å². The Hall–Kier alpha value is -1.32. The predicted molar refractivity (Wildman–Crippen MR) is 71.5 cm³/mol. The lowest BCUT2D eigenvalue weighted by Crippen LogP contribution is -2.21. The number of halogens is 1. The molecule has 0 fully saturated rings. The maximum absolute atomic E-state index is 11.7. The van der Waals surface area contributed by atoms with Crippen molar-refractivity contribution >= 4 is 28.8 Å². The second-order valence-corrected chi connectivity index (χ2v) is 4.83. The first kappa shape index (κ1) is 12.1. The first-order valence-electron chi connectivity index (χ1n) is 5.25. The van der Waals surface area contributed by atoms with Crippen molar-refractivity contribution in [3.8, 4) is 0 Å². The van der Waals surface area contributed by atoms with Gasteiger partial charge < -0.3 is 5.32 Å². The Balaban J connectivity index is 1.91. The van der Waals surface area contributed by atoms with E-state index in [1.165, 1.54) is 11.3 Å². The molecule has 0 saturated heterocycles. The minimum atomic E-state index is -0.0265. The Morgan fingerprint density at radius 2 is 1.88 bits per heavy atom. The first-order chi connectivity index (χ1) is 8.29. The van der Waals surface area contributed by atoms with Gasteiger partial charge in [0.25, 0.3) is 5.91 Å². The van der Waals surface area contributed by atoms with Gasteiger partial charge in [-0.25, -0.2) is 0 Å². The summed E-state index contributed by atoms with van der Waals surface area (Å²) in [6.07, 6.45) is 0. The summed E-state index contributed by atoms with van der Waals surface area (Å²) in [4.78, 5) is 12.4. The van der Waals surface area contributed by atoms with Crippen LogP contribution in [0.25, 0.3) is 0 Å². The molecule has 4 heteroatoms. The molecule has 1 heterocycles. The Morgan fingerprint density at radius 1 is 1.18 bits per heavy atom. The summed E-state index contributed by atoms with van der Waals surface area (Å²) in [7, 11) is 0. The van der Waals surface area contributed by atoms with E-state index in [0.29, 0.717) is 12.4 Å². The number of alkyl halides is 1. The lowest BCUT2D eigenvalue weighted by molar-refractivity contribution is 0.0955. The molecule has 0 radical (unpaired) electrons. The van der Waals surface area contributed by atoms with E-state index < -0.39 is 0 Å². The molecule has 1 aromatic carbocycles. The van der Waals surface area contributed by atoms with E-state index in [4.69, 9.17) is 11.6 Å². The predicted octanol–water partition coefficient (Wildman–Crippen LogP) is 3.42. The molecular formula is C13H12ClNOS. The number of hydrogen-bond donors (Lipinski definition) is 1. The van der Waals surface area contributed by atoms with E-state index in [9.17, 15) is 4.79 Å². The zero-order valence-corrected chi connectivity index (χ0v) is 10.7. The van der Waals surface area contributed by atoms with Gasteiger partial charge in [-0.15, -0.1) is 22.9 Å². The molecule has 1 amide bonds. The van der Waals surface area contributed by atoms with Crippen LogP contribution in [-0.4, -0.2) is 5.91 Å². The highest BCUT2D eigenvalue weighted by molar-refractivity contribution is 7.12. The number of carbonyl (C=O) groups is 1. The third-order valence-corrected chi connectivity index (χ3v) is 3.55. The van der Waals surface area contributed by atoms with Gasteiger partial charge in [0.05, 0.1) is 4.88 Å². The molecule has 1 aromatic heterocycles. The van der Waals surface area contributed by atoms with Crippen LogP contribution in [-0.2, 0) is 12.4 Å². The van der Waals surface area contributed by atoms with Gasteiger partial charge in [-0.3, -0.25) is 4.79 Å². The van der Waals surface area contributed by atoms with E-state index in [1.54, 1.807) is 0 Å². The summed E-state index contributed by atoms with van der Waals surface area (Å²) in [5.74, 6) is 0.489. The van der Waals surface area contributed by atoms with E-state index >= 15 is 0 Å². The quantitative estimate of drug-likeness (QED) is 0.844. The highest BCUT2D eigenvalue weighted by Gasteiger charge is 2.05. The van der Waals surface area contributed by atoms with Gasteiger partial charge in [-0.2, -0.15) is 0 Å². The number of nitrogens with one attached hydrogen (secondary N) is 1. The van der Waals surface area contributed by atoms with E-state index in [-0.39, 0.29) is 5.91 Å². The largest absolute Gasteiger partial charge is 0.347 e.